The third kappa shape index (κ3) is 2.60. The van der Waals surface area contributed by atoms with Crippen LogP contribution in [0.15, 0.2) is 47.6 Å². The Morgan fingerprint density at radius 1 is 1.04 bits per heavy atom. The molecule has 6 nitrogen and oxygen atoms in total. The maximum Gasteiger partial charge on any atom is 0.173 e. The first kappa shape index (κ1) is 15.0. The van der Waals surface area contributed by atoms with Gasteiger partial charge in [0.2, 0.25) is 0 Å². The van der Waals surface area contributed by atoms with E-state index in [2.05, 4.69) is 57.9 Å². The number of nitrogens with zero attached hydrogens (tertiary/aromatic N) is 2. The van der Waals surface area contributed by atoms with Crippen LogP contribution in [-0.4, -0.2) is 30.5 Å². The fraction of sp³-hybridized carbons (Fsp3) is 0.278. The number of anilines is 1. The lowest BCUT2D eigenvalue weighted by Gasteiger charge is -2.23. The van der Waals surface area contributed by atoms with Crippen molar-refractivity contribution in [1.29, 1.82) is 0 Å². The molecule has 0 unspecified atom stereocenters. The Hall–Kier alpha value is -2.57. The average molecular weight is 322 g/mol. The molecule has 0 amide bonds. The van der Waals surface area contributed by atoms with Gasteiger partial charge in [-0.05, 0) is 35.6 Å². The van der Waals surface area contributed by atoms with E-state index in [9.17, 15) is 0 Å². The van der Waals surface area contributed by atoms with Crippen LogP contribution in [0.2, 0.25) is 0 Å². The van der Waals surface area contributed by atoms with E-state index in [1.165, 1.54) is 22.4 Å². The molecule has 0 aliphatic carbocycles. The van der Waals surface area contributed by atoms with Gasteiger partial charge in [0.25, 0.3) is 0 Å². The van der Waals surface area contributed by atoms with Crippen LogP contribution in [0.4, 0.5) is 5.69 Å². The molecule has 24 heavy (non-hydrogen) atoms. The lowest BCUT2D eigenvalue weighted by Crippen LogP contribution is -2.44. The van der Waals surface area contributed by atoms with Crippen LogP contribution >= 0.6 is 0 Å². The minimum Gasteiger partial charge on any atom is -0.385 e. The molecule has 0 aromatic heterocycles. The van der Waals surface area contributed by atoms with E-state index >= 15 is 0 Å². The molecule has 0 spiro atoms. The van der Waals surface area contributed by atoms with Crippen molar-refractivity contribution in [2.24, 2.45) is 10.8 Å². The van der Waals surface area contributed by atoms with Gasteiger partial charge in [-0.2, -0.15) is 0 Å². The first-order valence-electron chi connectivity index (χ1n) is 8.40. The monoisotopic (exact) mass is 322 g/mol. The quantitative estimate of drug-likeness (QED) is 0.689. The van der Waals surface area contributed by atoms with E-state index in [4.69, 9.17) is 5.73 Å². The van der Waals surface area contributed by atoms with Gasteiger partial charge >= 0.3 is 0 Å². The summed E-state index contributed by atoms with van der Waals surface area (Å²) in [6.07, 6.45) is 2.26. The molecule has 5 N–H and O–H groups in total. The van der Waals surface area contributed by atoms with Gasteiger partial charge in [-0.15, -0.1) is 10.6 Å². The minimum absolute atomic E-state index is 0.556. The fourth-order valence-corrected chi connectivity index (χ4v) is 3.42. The molecule has 2 heterocycles. The molecule has 124 valence electrons. The number of hydrazine groups is 2. The Labute approximate surface area is 141 Å². The summed E-state index contributed by atoms with van der Waals surface area (Å²) in [7, 11) is 0. The highest BCUT2D eigenvalue weighted by Crippen LogP contribution is 2.34. The maximum atomic E-state index is 5.72. The van der Waals surface area contributed by atoms with Crippen molar-refractivity contribution in [2.45, 2.75) is 12.8 Å². The van der Waals surface area contributed by atoms with Crippen molar-refractivity contribution in [3.63, 3.8) is 0 Å². The Kier molecular flexibility index (Phi) is 4.06. The molecule has 2 aliphatic heterocycles. The van der Waals surface area contributed by atoms with E-state index in [1.807, 2.05) is 11.1 Å². The largest absolute Gasteiger partial charge is 0.385 e. The first-order valence-corrected chi connectivity index (χ1v) is 8.40. The van der Waals surface area contributed by atoms with Crippen LogP contribution in [0.3, 0.4) is 0 Å². The zero-order valence-electron chi connectivity index (χ0n) is 13.5. The molecule has 2 aromatic carbocycles. The number of nitrogens with one attached hydrogen (secondary N) is 3. The van der Waals surface area contributed by atoms with Crippen molar-refractivity contribution in [3.8, 4) is 11.1 Å². The highest BCUT2D eigenvalue weighted by atomic mass is 15.8. The predicted octanol–water partition coefficient (Wildman–Crippen LogP) is 1.66. The van der Waals surface area contributed by atoms with Crippen molar-refractivity contribution in [3.05, 3.63) is 53.6 Å². The summed E-state index contributed by atoms with van der Waals surface area (Å²) in [4.78, 5) is 0. The number of fused-ring (bicyclic) bond motifs is 1. The van der Waals surface area contributed by atoms with Gasteiger partial charge in [0.05, 0.1) is 6.54 Å². The van der Waals surface area contributed by atoms with Gasteiger partial charge in [-0.1, -0.05) is 36.4 Å². The molecule has 0 saturated heterocycles. The number of hydrazone groups is 1. The van der Waals surface area contributed by atoms with Gasteiger partial charge in [-0.3, -0.25) is 5.01 Å². The van der Waals surface area contributed by atoms with Gasteiger partial charge in [-0.25, -0.2) is 5.53 Å². The van der Waals surface area contributed by atoms with Gasteiger partial charge in [0, 0.05) is 24.3 Å². The SMILES string of the molecule is NCCN1NNN=C1c1ccccc1-c1cccc2c1CCCN2. The zero-order chi connectivity index (χ0) is 16.4. The number of nitrogens with two attached hydrogens (primary N) is 1. The van der Waals surface area contributed by atoms with Crippen LogP contribution in [0.5, 0.6) is 0 Å². The number of hydrogen-bond acceptors (Lipinski definition) is 6. The molecule has 4 rings (SSSR count). The van der Waals surface area contributed by atoms with Crippen molar-refractivity contribution < 1.29 is 0 Å². The lowest BCUT2D eigenvalue weighted by molar-refractivity contribution is 0.302. The topological polar surface area (TPSA) is 77.7 Å². The van der Waals surface area contributed by atoms with Gasteiger partial charge in [0.15, 0.2) is 5.84 Å². The predicted molar refractivity (Wildman–Crippen MR) is 97.3 cm³/mol. The minimum atomic E-state index is 0.556. The van der Waals surface area contributed by atoms with Crippen LogP contribution in [0.1, 0.15) is 17.5 Å². The van der Waals surface area contributed by atoms with Crippen LogP contribution in [0, 0.1) is 0 Å². The standard InChI is InChI=1S/C18H22N6/c19-10-12-24-18(21-22-23-24)16-6-2-1-5-14(16)13-7-3-9-17-15(13)8-4-11-20-17/h1-3,5-7,9,20,22-23H,4,8,10-12,19H2. The number of hydrogen-bond donors (Lipinski definition) is 4. The maximum absolute atomic E-state index is 5.72. The molecule has 0 bridgehead atoms. The Bertz CT molecular complexity index is 770. The summed E-state index contributed by atoms with van der Waals surface area (Å²) in [5.74, 6) is 0.873. The molecule has 6 heteroatoms. The van der Waals surface area contributed by atoms with Crippen molar-refractivity contribution in [1.82, 2.24) is 16.1 Å². The molecule has 0 radical (unpaired) electrons. The summed E-state index contributed by atoms with van der Waals surface area (Å²) >= 11 is 0. The number of amidine groups is 1. The normalized spacial score (nSPS) is 16.2. The van der Waals surface area contributed by atoms with Crippen molar-refractivity contribution >= 4 is 11.5 Å². The first-order chi connectivity index (χ1) is 11.9. The second-order valence-corrected chi connectivity index (χ2v) is 6.01. The van der Waals surface area contributed by atoms with Gasteiger partial charge < -0.3 is 11.1 Å². The molecule has 0 fully saturated rings. The summed E-state index contributed by atoms with van der Waals surface area (Å²) < 4.78 is 0. The molecule has 2 aromatic rings. The summed E-state index contributed by atoms with van der Waals surface area (Å²) in [6, 6.07) is 14.9. The van der Waals surface area contributed by atoms with E-state index in [0.717, 1.165) is 30.8 Å². The van der Waals surface area contributed by atoms with E-state index in [-0.39, 0.29) is 0 Å². The molecule has 0 atom stereocenters. The highest BCUT2D eigenvalue weighted by molar-refractivity contribution is 6.05. The van der Waals surface area contributed by atoms with Crippen LogP contribution in [0.25, 0.3) is 11.1 Å². The number of benzene rings is 2. The van der Waals surface area contributed by atoms with Crippen LogP contribution in [-0.2, 0) is 6.42 Å². The van der Waals surface area contributed by atoms with Crippen molar-refractivity contribution in [2.75, 3.05) is 25.0 Å². The number of rotatable bonds is 4. The van der Waals surface area contributed by atoms with E-state index in [0.29, 0.717) is 13.1 Å². The summed E-state index contributed by atoms with van der Waals surface area (Å²) in [5, 5.41) is 9.87. The second-order valence-electron chi connectivity index (χ2n) is 6.01. The highest BCUT2D eigenvalue weighted by Gasteiger charge is 2.23. The molecular weight excluding hydrogens is 300 g/mol. The lowest BCUT2D eigenvalue weighted by atomic mass is 9.90. The third-order valence-corrected chi connectivity index (χ3v) is 4.51. The smallest absolute Gasteiger partial charge is 0.173 e. The summed E-state index contributed by atoms with van der Waals surface area (Å²) in [5.41, 5.74) is 17.8. The van der Waals surface area contributed by atoms with E-state index in [1.54, 1.807) is 0 Å². The third-order valence-electron chi connectivity index (χ3n) is 4.51. The second kappa shape index (κ2) is 6.51. The summed E-state index contributed by atoms with van der Waals surface area (Å²) in [6.45, 7) is 2.29. The van der Waals surface area contributed by atoms with E-state index < -0.39 is 0 Å². The Morgan fingerprint density at radius 3 is 2.75 bits per heavy atom. The molecular formula is C18H22N6. The van der Waals surface area contributed by atoms with Crippen LogP contribution < -0.4 is 22.1 Å². The Morgan fingerprint density at radius 2 is 1.88 bits per heavy atom. The average Bonchev–Trinajstić information content (AvgIpc) is 3.10. The zero-order valence-corrected chi connectivity index (χ0v) is 13.5. The van der Waals surface area contributed by atoms with Gasteiger partial charge in [0.1, 0.15) is 0 Å². The Balaban J connectivity index is 1.81. The fourth-order valence-electron chi connectivity index (χ4n) is 3.42. The molecule has 2 aliphatic rings. The molecule has 0 saturated carbocycles.